The quantitative estimate of drug-likeness (QED) is 0.194. The minimum atomic E-state index is -0.0927. The van der Waals surface area contributed by atoms with Gasteiger partial charge in [0, 0.05) is 84.4 Å². The maximum absolute atomic E-state index is 6.95. The van der Waals surface area contributed by atoms with Crippen LogP contribution in [0.15, 0.2) is 73.1 Å². The van der Waals surface area contributed by atoms with Crippen molar-refractivity contribution >= 4 is 34.0 Å². The van der Waals surface area contributed by atoms with Gasteiger partial charge in [0.05, 0.1) is 11.6 Å². The fraction of sp³-hybridized carbons (Fsp3) is 0.350. The maximum Gasteiger partial charge on any atom is 0.211 e. The Morgan fingerprint density at radius 1 is 0.851 bits per heavy atom. The molecule has 3 aliphatic rings. The van der Waals surface area contributed by atoms with Crippen LogP contribution in [-0.4, -0.2) is 33.7 Å². The van der Waals surface area contributed by atoms with Crippen LogP contribution in [0.5, 0.6) is 11.5 Å². The molecule has 244 valence electrons. The molecule has 0 unspecified atom stereocenters. The summed E-state index contributed by atoms with van der Waals surface area (Å²) in [6, 6.07) is 17.7. The molecule has 0 saturated carbocycles. The van der Waals surface area contributed by atoms with Gasteiger partial charge in [-0.05, 0) is 82.0 Å². The molecule has 4 heterocycles. The molecule has 7 rings (SSSR count). The molecule has 3 aliphatic heterocycles. The first-order valence-electron chi connectivity index (χ1n) is 16.5. The van der Waals surface area contributed by atoms with Crippen molar-refractivity contribution in [2.24, 2.45) is 0 Å². The van der Waals surface area contributed by atoms with Crippen LogP contribution in [0.3, 0.4) is 0 Å². The molecule has 3 aromatic carbocycles. The molecule has 0 saturated heterocycles. The lowest BCUT2D eigenvalue weighted by Crippen LogP contribution is -3.00. The van der Waals surface area contributed by atoms with Crippen molar-refractivity contribution in [3.05, 3.63) is 117 Å². The fourth-order valence-electron chi connectivity index (χ4n) is 8.02. The molecule has 47 heavy (non-hydrogen) atoms. The van der Waals surface area contributed by atoms with E-state index in [1.165, 1.54) is 38.9 Å². The largest absolute Gasteiger partial charge is 1.00 e. The molecule has 0 N–H and O–H groups in total. The van der Waals surface area contributed by atoms with E-state index in [1.807, 2.05) is 6.20 Å². The number of allylic oxidation sites excluding steroid dienone is 2. The van der Waals surface area contributed by atoms with Gasteiger partial charge in [-0.1, -0.05) is 30.3 Å². The van der Waals surface area contributed by atoms with E-state index in [1.54, 1.807) is 0 Å². The zero-order valence-corrected chi connectivity index (χ0v) is 30.2. The van der Waals surface area contributed by atoms with Gasteiger partial charge in [-0.25, -0.2) is 9.56 Å². The van der Waals surface area contributed by atoms with Gasteiger partial charge in [0.1, 0.15) is 23.9 Å². The smallest absolute Gasteiger partial charge is 0.211 e. The van der Waals surface area contributed by atoms with Gasteiger partial charge in [0.15, 0.2) is 5.54 Å². The maximum atomic E-state index is 6.95. The van der Waals surface area contributed by atoms with Gasteiger partial charge in [0.25, 0.3) is 0 Å². The lowest BCUT2D eigenvalue weighted by atomic mass is 9.85. The van der Waals surface area contributed by atoms with Crippen LogP contribution in [0.25, 0.3) is 16.7 Å². The van der Waals surface area contributed by atoms with Crippen LogP contribution in [0.4, 0.5) is 5.69 Å². The summed E-state index contributed by atoms with van der Waals surface area (Å²) >= 11 is 6.09. The molecule has 0 amide bonds. The molecule has 0 radical (unpaired) electrons. The van der Waals surface area contributed by atoms with Gasteiger partial charge in [-0.3, -0.25) is 0 Å². The van der Waals surface area contributed by atoms with E-state index in [0.717, 1.165) is 52.3 Å². The SMILES string of the molecule is CCN1c2cc3c(cc2C(C)=CC1(C)C)C(c1nccn1Cc1ccc(CCl)cc1)=c1cc2c(cc1O3)=[N+](CC)C(C)(C)C=C2C.[Cl-]. The number of hydrogen-bond donors (Lipinski definition) is 0. The van der Waals surface area contributed by atoms with Crippen molar-refractivity contribution in [3.63, 3.8) is 0 Å². The van der Waals surface area contributed by atoms with Crippen molar-refractivity contribution in [2.75, 3.05) is 18.0 Å². The minimum absolute atomic E-state index is 0. The standard InChI is InChI=1S/C40H44ClN4O.ClH/c1-9-44-33-19-35-31(17-29(33)25(3)21-39(44,5)6)37(38-42-15-16-43(38)24-28-13-11-27(23-41)12-14-28)32-18-30-26(4)22-40(7,8)45(10-2)34(30)20-36(32)46-35;/h11-22H,9-10,23-24H2,1-8H3;1H/q+1;/p-1. The third kappa shape index (κ3) is 5.42. The van der Waals surface area contributed by atoms with Crippen LogP contribution < -0.4 is 37.2 Å². The Labute approximate surface area is 290 Å². The number of alkyl halides is 1. The van der Waals surface area contributed by atoms with Gasteiger partial charge in [-0.15, -0.1) is 11.6 Å². The number of imidazole rings is 1. The lowest BCUT2D eigenvalue weighted by molar-refractivity contribution is -0.0000107. The molecule has 0 atom stereocenters. The summed E-state index contributed by atoms with van der Waals surface area (Å²) in [5.74, 6) is 3.19. The van der Waals surface area contributed by atoms with Gasteiger partial charge < -0.3 is 26.6 Å². The first-order valence-corrected chi connectivity index (χ1v) is 17.0. The summed E-state index contributed by atoms with van der Waals surface area (Å²) in [5.41, 5.74) is 10.6. The number of aromatic nitrogens is 2. The van der Waals surface area contributed by atoms with Crippen LogP contribution in [0, 0.1) is 0 Å². The first-order chi connectivity index (χ1) is 22.0. The Morgan fingerprint density at radius 2 is 1.55 bits per heavy atom. The Balaban J connectivity index is 0.00000386. The van der Waals surface area contributed by atoms with Gasteiger partial charge in [0.2, 0.25) is 5.36 Å². The van der Waals surface area contributed by atoms with Crippen molar-refractivity contribution < 1.29 is 17.1 Å². The molecule has 5 nitrogen and oxygen atoms in total. The third-order valence-corrected chi connectivity index (χ3v) is 10.3. The third-order valence-electron chi connectivity index (χ3n) is 10.0. The molecule has 0 aliphatic carbocycles. The molecule has 0 bridgehead atoms. The molecule has 0 spiro atoms. The van der Waals surface area contributed by atoms with Gasteiger partial charge >= 0.3 is 0 Å². The number of halogens is 2. The van der Waals surface area contributed by atoms with Crippen LogP contribution in [-0.2, 0) is 12.4 Å². The number of nitrogens with zero attached hydrogens (tertiary/aromatic N) is 4. The topological polar surface area (TPSA) is 33.3 Å². The van der Waals surface area contributed by atoms with Crippen LogP contribution in [0.2, 0.25) is 0 Å². The molecule has 1 aromatic heterocycles. The second-order valence-electron chi connectivity index (χ2n) is 14.0. The van der Waals surface area contributed by atoms with E-state index < -0.39 is 0 Å². The second-order valence-corrected chi connectivity index (χ2v) is 14.3. The highest BCUT2D eigenvalue weighted by molar-refractivity contribution is 6.17. The predicted molar refractivity (Wildman–Crippen MR) is 191 cm³/mol. The Bertz CT molecular complexity index is 2080. The Kier molecular flexibility index (Phi) is 8.47. The average Bonchev–Trinajstić information content (AvgIpc) is 3.46. The number of anilines is 1. The van der Waals surface area contributed by atoms with Crippen molar-refractivity contribution in [1.82, 2.24) is 14.1 Å². The van der Waals surface area contributed by atoms with E-state index in [-0.39, 0.29) is 23.5 Å². The van der Waals surface area contributed by atoms with Crippen molar-refractivity contribution in [3.8, 4) is 11.5 Å². The number of hydrogen-bond acceptors (Lipinski definition) is 3. The van der Waals surface area contributed by atoms with E-state index in [2.05, 4.69) is 136 Å². The fourth-order valence-corrected chi connectivity index (χ4v) is 8.20. The first kappa shape index (κ1) is 33.1. The molecule has 7 heteroatoms. The molecular weight excluding hydrogens is 623 g/mol. The van der Waals surface area contributed by atoms with Crippen LogP contribution >= 0.6 is 11.6 Å². The zero-order chi connectivity index (χ0) is 32.5. The lowest BCUT2D eigenvalue weighted by Gasteiger charge is -2.43. The highest BCUT2D eigenvalue weighted by atomic mass is 35.5. The van der Waals surface area contributed by atoms with E-state index in [0.29, 0.717) is 12.4 Å². The molecule has 0 fully saturated rings. The monoisotopic (exact) mass is 666 g/mol. The van der Waals surface area contributed by atoms with E-state index in [4.69, 9.17) is 21.3 Å². The predicted octanol–water partition coefficient (Wildman–Crippen LogP) is 4.76. The highest BCUT2D eigenvalue weighted by Crippen LogP contribution is 2.46. The number of rotatable bonds is 6. The highest BCUT2D eigenvalue weighted by Gasteiger charge is 2.36. The summed E-state index contributed by atoms with van der Waals surface area (Å²) in [4.78, 5) is 7.51. The van der Waals surface area contributed by atoms with Gasteiger partial charge in [-0.2, -0.15) is 0 Å². The van der Waals surface area contributed by atoms with E-state index >= 15 is 0 Å². The molecular formula is C40H44Cl2N4O. The Hall–Kier alpha value is -3.80. The Morgan fingerprint density at radius 3 is 2.23 bits per heavy atom. The summed E-state index contributed by atoms with van der Waals surface area (Å²) in [5, 5.41) is 2.29. The summed E-state index contributed by atoms with van der Waals surface area (Å²) < 4.78 is 11.7. The average molecular weight is 668 g/mol. The summed E-state index contributed by atoms with van der Waals surface area (Å²) in [6.45, 7) is 20.6. The number of benzene rings is 3. The van der Waals surface area contributed by atoms with Crippen LogP contribution in [0.1, 0.15) is 89.0 Å². The summed E-state index contributed by atoms with van der Waals surface area (Å²) in [6.07, 6.45) is 8.78. The molecule has 4 aromatic rings. The normalized spacial score (nSPS) is 17.0. The van der Waals surface area contributed by atoms with Crippen molar-refractivity contribution in [1.29, 1.82) is 0 Å². The second kappa shape index (κ2) is 12.0. The number of fused-ring (bicyclic) bond motifs is 4. The van der Waals surface area contributed by atoms with E-state index in [9.17, 15) is 0 Å². The number of likely N-dealkylation sites (N-methyl/N-ethyl adjacent to an activating group) is 2. The summed E-state index contributed by atoms with van der Waals surface area (Å²) in [7, 11) is 0. The number of ether oxygens (including phenoxy) is 1. The minimum Gasteiger partial charge on any atom is -1.00 e. The zero-order valence-electron chi connectivity index (χ0n) is 28.7. The van der Waals surface area contributed by atoms with Crippen molar-refractivity contribution in [2.45, 2.75) is 78.9 Å².